The Balaban J connectivity index is 1.88. The van der Waals surface area contributed by atoms with Gasteiger partial charge in [-0.1, -0.05) is 59.2 Å². The van der Waals surface area contributed by atoms with Crippen molar-refractivity contribution in [2.75, 3.05) is 11.1 Å². The predicted octanol–water partition coefficient (Wildman–Crippen LogP) is 5.96. The lowest BCUT2D eigenvalue weighted by Crippen LogP contribution is -2.28. The number of hydrogen-bond donors (Lipinski definition) is 2. The van der Waals surface area contributed by atoms with E-state index in [0.717, 1.165) is 5.56 Å². The highest BCUT2D eigenvalue weighted by Crippen LogP contribution is 2.42. The first-order valence-electron chi connectivity index (χ1n) is 9.79. The maximum Gasteiger partial charge on any atom is 0.234 e. The van der Waals surface area contributed by atoms with Gasteiger partial charge >= 0.3 is 0 Å². The number of ketones is 1. The molecule has 1 atom stereocenters. The quantitative estimate of drug-likeness (QED) is 0.527. The van der Waals surface area contributed by atoms with Gasteiger partial charge in [-0.15, -0.1) is 0 Å². The summed E-state index contributed by atoms with van der Waals surface area (Å²) in [7, 11) is 0. The summed E-state index contributed by atoms with van der Waals surface area (Å²) >= 11 is 13.7. The zero-order chi connectivity index (χ0) is 23.4. The predicted molar refractivity (Wildman–Crippen MR) is 131 cm³/mol. The molecule has 1 aliphatic heterocycles. The van der Waals surface area contributed by atoms with Crippen molar-refractivity contribution >= 4 is 52.3 Å². The summed E-state index contributed by atoms with van der Waals surface area (Å²) in [5, 5.41) is 17.5. The highest BCUT2D eigenvalue weighted by molar-refractivity contribution is 8.03. The highest BCUT2D eigenvalue weighted by atomic mass is 35.5. The lowest BCUT2D eigenvalue weighted by Gasteiger charge is -2.29. The normalized spacial score (nSPS) is 15.8. The number of hydrogen-bond acceptors (Lipinski definition) is 5. The molecule has 0 spiro atoms. The van der Waals surface area contributed by atoms with Crippen molar-refractivity contribution in [3.8, 4) is 6.07 Å². The van der Waals surface area contributed by atoms with Crippen molar-refractivity contribution in [1.29, 1.82) is 5.26 Å². The second-order valence-electron chi connectivity index (χ2n) is 7.33. The van der Waals surface area contributed by atoms with E-state index in [1.807, 2.05) is 25.1 Å². The first kappa shape index (κ1) is 23.9. The molecule has 0 aromatic heterocycles. The first-order chi connectivity index (χ1) is 15.2. The second-order valence-corrected chi connectivity index (χ2v) is 9.13. The Hall–Kier alpha value is -2.72. The van der Waals surface area contributed by atoms with Crippen LogP contribution < -0.4 is 10.6 Å². The second kappa shape index (κ2) is 10.3. The van der Waals surface area contributed by atoms with Gasteiger partial charge in [-0.2, -0.15) is 5.26 Å². The molecule has 0 saturated carbocycles. The topological polar surface area (TPSA) is 82.0 Å². The number of dihydropyridines is 1. The zero-order valence-electron chi connectivity index (χ0n) is 17.8. The molecule has 0 unspecified atom stereocenters. The van der Waals surface area contributed by atoms with Gasteiger partial charge < -0.3 is 10.6 Å². The SMILES string of the molecule is CC(=O)C1=C(C)NC(SCC(=O)Nc2ccc(C)c(Cl)c2)=C(C#N)[C@H]1c1ccccc1Cl. The average molecular weight is 486 g/mol. The fourth-order valence-electron chi connectivity index (χ4n) is 3.52. The lowest BCUT2D eigenvalue weighted by molar-refractivity contribution is -0.114. The minimum absolute atomic E-state index is 0.0664. The molecule has 164 valence electrons. The number of nitrogens with zero attached hydrogens (tertiary/aromatic N) is 1. The number of nitriles is 1. The summed E-state index contributed by atoms with van der Waals surface area (Å²) in [6.45, 7) is 5.14. The minimum Gasteiger partial charge on any atom is -0.353 e. The molecule has 2 aromatic carbocycles. The molecule has 1 heterocycles. The summed E-state index contributed by atoms with van der Waals surface area (Å²) in [4.78, 5) is 24.9. The summed E-state index contributed by atoms with van der Waals surface area (Å²) in [6, 6.07) is 14.7. The third-order valence-electron chi connectivity index (χ3n) is 5.05. The Morgan fingerprint density at radius 3 is 2.50 bits per heavy atom. The number of benzene rings is 2. The van der Waals surface area contributed by atoms with Crippen molar-refractivity contribution in [2.45, 2.75) is 26.7 Å². The summed E-state index contributed by atoms with van der Waals surface area (Å²) in [5.41, 5.74) is 3.66. The van der Waals surface area contributed by atoms with Crippen LogP contribution in [-0.4, -0.2) is 17.4 Å². The van der Waals surface area contributed by atoms with Crippen LogP contribution in [0.4, 0.5) is 5.69 Å². The van der Waals surface area contributed by atoms with Crippen LogP contribution in [0.2, 0.25) is 10.0 Å². The van der Waals surface area contributed by atoms with E-state index in [-0.39, 0.29) is 17.4 Å². The molecule has 3 rings (SSSR count). The van der Waals surface area contributed by atoms with Gasteiger partial charge in [-0.25, -0.2) is 0 Å². The number of Topliss-reactive ketones (excluding diaryl/α,β-unsaturated/α-hetero) is 1. The average Bonchev–Trinajstić information content (AvgIpc) is 2.74. The molecule has 0 saturated heterocycles. The number of thioether (sulfide) groups is 1. The van der Waals surface area contributed by atoms with Crippen molar-refractivity contribution in [1.82, 2.24) is 5.32 Å². The zero-order valence-corrected chi connectivity index (χ0v) is 20.1. The van der Waals surface area contributed by atoms with Gasteiger partial charge in [0.15, 0.2) is 5.78 Å². The maximum atomic E-state index is 12.5. The Morgan fingerprint density at radius 2 is 1.88 bits per heavy atom. The number of rotatable bonds is 6. The van der Waals surface area contributed by atoms with Crippen molar-refractivity contribution in [3.63, 3.8) is 0 Å². The molecule has 1 amide bonds. The van der Waals surface area contributed by atoms with Crippen molar-refractivity contribution < 1.29 is 9.59 Å². The van der Waals surface area contributed by atoms with Crippen LogP contribution in [0.5, 0.6) is 0 Å². The monoisotopic (exact) mass is 485 g/mol. The van der Waals surface area contributed by atoms with E-state index < -0.39 is 5.92 Å². The summed E-state index contributed by atoms with van der Waals surface area (Å²) < 4.78 is 0. The number of carbonyl (C=O) groups is 2. The van der Waals surface area contributed by atoms with Gasteiger partial charge in [0.05, 0.1) is 28.3 Å². The Bertz CT molecular complexity index is 1200. The third kappa shape index (κ3) is 5.18. The summed E-state index contributed by atoms with van der Waals surface area (Å²) in [5.74, 6) is -0.925. The third-order valence-corrected chi connectivity index (χ3v) is 6.81. The molecule has 5 nitrogen and oxygen atoms in total. The van der Waals surface area contributed by atoms with E-state index in [2.05, 4.69) is 16.7 Å². The molecular formula is C24H21Cl2N3O2S. The minimum atomic E-state index is -0.603. The molecule has 0 fully saturated rings. The van der Waals surface area contributed by atoms with Gasteiger partial charge in [0.25, 0.3) is 0 Å². The standard InChI is InChI=1S/C24H21Cl2N3O2S/c1-13-8-9-16(10-20(13)26)29-21(31)12-32-24-18(11-27)23(17-6-4-5-7-19(17)25)22(15(3)30)14(2)28-24/h4-10,23,28H,12H2,1-3H3,(H,29,31)/t23-/m1/s1. The molecule has 32 heavy (non-hydrogen) atoms. The smallest absolute Gasteiger partial charge is 0.234 e. The molecule has 0 bridgehead atoms. The van der Waals surface area contributed by atoms with Gasteiger partial charge in [-0.05, 0) is 50.1 Å². The largest absolute Gasteiger partial charge is 0.353 e. The molecule has 0 aliphatic carbocycles. The van der Waals surface area contributed by atoms with Gasteiger partial charge in [0.1, 0.15) is 0 Å². The fraction of sp³-hybridized carbons (Fsp3) is 0.208. The molecule has 2 aromatic rings. The van der Waals surface area contributed by atoms with Crippen molar-refractivity contribution in [3.05, 3.63) is 85.5 Å². The fourth-order valence-corrected chi connectivity index (χ4v) is 4.84. The number of aryl methyl sites for hydroxylation is 1. The summed E-state index contributed by atoms with van der Waals surface area (Å²) in [6.07, 6.45) is 0. The molecule has 1 aliphatic rings. The van der Waals surface area contributed by atoms with E-state index in [1.54, 1.807) is 31.2 Å². The number of halogens is 2. The van der Waals surface area contributed by atoms with Crippen molar-refractivity contribution in [2.24, 2.45) is 0 Å². The van der Waals surface area contributed by atoms with Crippen LogP contribution in [0.1, 0.15) is 30.9 Å². The van der Waals surface area contributed by atoms with Gasteiger partial charge in [-0.3, -0.25) is 9.59 Å². The first-order valence-corrected chi connectivity index (χ1v) is 11.5. The van der Waals surface area contributed by atoms with Gasteiger partial charge in [0, 0.05) is 27.0 Å². The molecule has 8 heteroatoms. The van der Waals surface area contributed by atoms with Crippen LogP contribution in [0.15, 0.2) is 64.3 Å². The number of allylic oxidation sites excluding steroid dienone is 3. The van der Waals surface area contributed by atoms with Crippen LogP contribution in [0, 0.1) is 18.3 Å². The van der Waals surface area contributed by atoms with E-state index in [4.69, 9.17) is 23.2 Å². The Morgan fingerprint density at radius 1 is 1.16 bits per heavy atom. The van der Waals surface area contributed by atoms with Crippen LogP contribution in [0.3, 0.4) is 0 Å². The molecule has 2 N–H and O–H groups in total. The van der Waals surface area contributed by atoms with E-state index in [0.29, 0.717) is 43.2 Å². The van der Waals surface area contributed by atoms with E-state index >= 15 is 0 Å². The van der Waals surface area contributed by atoms with Crippen LogP contribution >= 0.6 is 35.0 Å². The molecular weight excluding hydrogens is 465 g/mol. The van der Waals surface area contributed by atoms with Crippen LogP contribution in [-0.2, 0) is 9.59 Å². The Labute approximate surface area is 201 Å². The van der Waals surface area contributed by atoms with E-state index in [9.17, 15) is 14.9 Å². The van der Waals surface area contributed by atoms with Gasteiger partial charge in [0.2, 0.25) is 5.91 Å². The lowest BCUT2D eigenvalue weighted by atomic mass is 9.81. The highest BCUT2D eigenvalue weighted by Gasteiger charge is 2.34. The van der Waals surface area contributed by atoms with Crippen LogP contribution in [0.25, 0.3) is 0 Å². The maximum absolute atomic E-state index is 12.5. The number of carbonyl (C=O) groups excluding carboxylic acids is 2. The van der Waals surface area contributed by atoms with E-state index in [1.165, 1.54) is 18.7 Å². The Kier molecular flexibility index (Phi) is 7.68. The molecule has 0 radical (unpaired) electrons. The number of amides is 1. The number of nitrogens with one attached hydrogen (secondary N) is 2. The number of anilines is 1.